The number of carbonyl (C=O) groups is 3. The fourth-order valence-electron chi connectivity index (χ4n) is 4.67. The Hall–Kier alpha value is -4.55. The third-order valence-corrected chi connectivity index (χ3v) is 7.33. The lowest BCUT2D eigenvalue weighted by Gasteiger charge is -2.12. The normalized spacial score (nSPS) is 11.5. The summed E-state index contributed by atoms with van der Waals surface area (Å²) in [4.78, 5) is 38.5. The average molecular weight is 659 g/mol. The number of nitrogens with zero attached hydrogens (tertiary/aromatic N) is 1. The van der Waals surface area contributed by atoms with E-state index in [9.17, 15) is 27.6 Å². The molecule has 0 aliphatic carbocycles. The van der Waals surface area contributed by atoms with Gasteiger partial charge in [0.25, 0.3) is 11.8 Å². The van der Waals surface area contributed by atoms with Crippen molar-refractivity contribution in [1.82, 2.24) is 15.2 Å². The van der Waals surface area contributed by atoms with Gasteiger partial charge in [-0.15, -0.1) is 13.2 Å². The van der Waals surface area contributed by atoms with E-state index in [0.717, 1.165) is 5.52 Å². The monoisotopic (exact) mass is 658 g/mol. The van der Waals surface area contributed by atoms with Crippen molar-refractivity contribution >= 4 is 45.9 Å². The molecule has 3 amide bonds. The zero-order valence-electron chi connectivity index (χ0n) is 25.5. The molecule has 3 aromatic carbocycles. The molecule has 0 saturated heterocycles. The number of anilines is 1. The van der Waals surface area contributed by atoms with Crippen LogP contribution in [0.1, 0.15) is 52.2 Å². The summed E-state index contributed by atoms with van der Waals surface area (Å²) in [5, 5.41) is 9.44. The van der Waals surface area contributed by atoms with E-state index in [-0.39, 0.29) is 47.2 Å². The molecule has 13 heteroatoms. The first-order valence-electron chi connectivity index (χ1n) is 14.5. The molecule has 0 aliphatic heterocycles. The van der Waals surface area contributed by atoms with Gasteiger partial charge in [0.05, 0.1) is 10.6 Å². The van der Waals surface area contributed by atoms with Gasteiger partial charge in [0, 0.05) is 55.9 Å². The van der Waals surface area contributed by atoms with E-state index >= 15 is 0 Å². The number of benzene rings is 3. The third kappa shape index (κ3) is 9.24. The fraction of sp³-hybridized carbons (Fsp3) is 0.303. The Morgan fingerprint density at radius 3 is 2.26 bits per heavy atom. The number of carbonyl (C=O) groups excluding carboxylic acids is 3. The molecule has 9 nitrogen and oxygen atoms in total. The maximum absolute atomic E-state index is 13.3. The number of ether oxygens (including phenoxy) is 2. The second-order valence-corrected chi connectivity index (χ2v) is 11.2. The van der Waals surface area contributed by atoms with Crippen LogP contribution in [0.25, 0.3) is 10.9 Å². The number of halogens is 4. The SMILES string of the molecule is COCCCn1c(C(=O)NCc2ccc(OC(F)(F)F)cc2)cc2cc(NC(=O)c3cc(CNC(=O)C(C)C)ccc3Cl)ccc21. The summed E-state index contributed by atoms with van der Waals surface area (Å²) in [5.74, 6) is -1.46. The molecule has 1 heterocycles. The number of aryl methyl sites for hydroxylation is 1. The van der Waals surface area contributed by atoms with Gasteiger partial charge in [0.15, 0.2) is 0 Å². The molecule has 0 spiro atoms. The summed E-state index contributed by atoms with van der Waals surface area (Å²) >= 11 is 6.33. The van der Waals surface area contributed by atoms with Gasteiger partial charge in [-0.1, -0.05) is 43.6 Å². The van der Waals surface area contributed by atoms with Crippen LogP contribution in [0.5, 0.6) is 5.75 Å². The predicted octanol–water partition coefficient (Wildman–Crippen LogP) is 6.68. The number of rotatable bonds is 13. The van der Waals surface area contributed by atoms with Crippen LogP contribution in [0, 0.1) is 5.92 Å². The Morgan fingerprint density at radius 1 is 0.891 bits per heavy atom. The van der Waals surface area contributed by atoms with Crippen molar-refractivity contribution in [3.8, 4) is 5.75 Å². The quantitative estimate of drug-likeness (QED) is 0.139. The van der Waals surface area contributed by atoms with Crippen molar-refractivity contribution in [3.05, 3.63) is 94.1 Å². The number of alkyl halides is 3. The molecule has 0 aliphatic rings. The van der Waals surface area contributed by atoms with E-state index in [1.807, 2.05) is 4.57 Å². The van der Waals surface area contributed by atoms with Crippen molar-refractivity contribution in [2.45, 2.75) is 46.3 Å². The van der Waals surface area contributed by atoms with Crippen LogP contribution in [0.2, 0.25) is 5.02 Å². The lowest BCUT2D eigenvalue weighted by molar-refractivity contribution is -0.274. The smallest absolute Gasteiger partial charge is 0.406 e. The van der Waals surface area contributed by atoms with Crippen LogP contribution in [0.4, 0.5) is 18.9 Å². The Bertz CT molecular complexity index is 1700. The second-order valence-electron chi connectivity index (χ2n) is 10.8. The van der Waals surface area contributed by atoms with E-state index < -0.39 is 12.3 Å². The fourth-order valence-corrected chi connectivity index (χ4v) is 4.88. The first kappa shape index (κ1) is 34.3. The van der Waals surface area contributed by atoms with Crippen molar-refractivity contribution in [2.75, 3.05) is 19.0 Å². The van der Waals surface area contributed by atoms with Gasteiger partial charge >= 0.3 is 6.36 Å². The highest BCUT2D eigenvalue weighted by atomic mass is 35.5. The standard InChI is InChI=1S/C33H34ClF3N4O5/c1-20(2)30(42)38-19-22-7-11-27(34)26(15-22)31(43)40-24-8-12-28-23(16-24)17-29(41(28)13-4-14-45-3)32(44)39-18-21-5-9-25(10-6-21)46-33(35,36)37/h5-12,15-17,20H,4,13-14,18-19H2,1-3H3,(H,38,42)(H,39,44)(H,40,43). The van der Waals surface area contributed by atoms with Gasteiger partial charge in [0.1, 0.15) is 11.4 Å². The summed E-state index contributed by atoms with van der Waals surface area (Å²) < 4.78 is 48.3. The maximum atomic E-state index is 13.3. The van der Waals surface area contributed by atoms with Crippen LogP contribution < -0.4 is 20.7 Å². The summed E-state index contributed by atoms with van der Waals surface area (Å²) in [6.07, 6.45) is -4.16. The molecule has 0 bridgehead atoms. The predicted molar refractivity (Wildman–Crippen MR) is 169 cm³/mol. The molecule has 0 radical (unpaired) electrons. The minimum atomic E-state index is -4.79. The van der Waals surface area contributed by atoms with Crippen LogP contribution in [-0.2, 0) is 29.2 Å². The van der Waals surface area contributed by atoms with Gasteiger partial charge in [0.2, 0.25) is 5.91 Å². The number of nitrogens with one attached hydrogen (secondary N) is 3. The summed E-state index contributed by atoms with van der Waals surface area (Å²) in [6.45, 7) is 4.86. The number of aromatic nitrogens is 1. The van der Waals surface area contributed by atoms with Crippen molar-refractivity contribution in [3.63, 3.8) is 0 Å². The van der Waals surface area contributed by atoms with E-state index in [2.05, 4.69) is 20.7 Å². The lowest BCUT2D eigenvalue weighted by atomic mass is 10.1. The Labute approximate surface area is 269 Å². The first-order chi connectivity index (χ1) is 21.8. The summed E-state index contributed by atoms with van der Waals surface area (Å²) in [7, 11) is 1.59. The van der Waals surface area contributed by atoms with Gasteiger partial charge in [-0.05, 0) is 66.1 Å². The summed E-state index contributed by atoms with van der Waals surface area (Å²) in [6, 6.07) is 17.2. The average Bonchev–Trinajstić information content (AvgIpc) is 3.37. The molecule has 4 rings (SSSR count). The maximum Gasteiger partial charge on any atom is 0.573 e. The Morgan fingerprint density at radius 2 is 1.59 bits per heavy atom. The molecule has 4 aromatic rings. The largest absolute Gasteiger partial charge is 0.573 e. The van der Waals surface area contributed by atoms with E-state index in [1.165, 1.54) is 24.3 Å². The molecule has 0 saturated carbocycles. The minimum absolute atomic E-state index is 0.0764. The van der Waals surface area contributed by atoms with E-state index in [1.54, 1.807) is 63.4 Å². The van der Waals surface area contributed by atoms with E-state index in [0.29, 0.717) is 47.5 Å². The lowest BCUT2D eigenvalue weighted by Crippen LogP contribution is -2.27. The molecule has 0 atom stereocenters. The number of hydrogen-bond acceptors (Lipinski definition) is 5. The number of amides is 3. The molecular weight excluding hydrogens is 625 g/mol. The molecular formula is C33H34ClF3N4O5. The van der Waals surface area contributed by atoms with Crippen LogP contribution >= 0.6 is 11.6 Å². The minimum Gasteiger partial charge on any atom is -0.406 e. The van der Waals surface area contributed by atoms with Gasteiger partial charge in [-0.25, -0.2) is 0 Å². The molecule has 3 N–H and O–H groups in total. The highest BCUT2D eigenvalue weighted by molar-refractivity contribution is 6.34. The van der Waals surface area contributed by atoms with Crippen LogP contribution in [-0.4, -0.2) is 42.4 Å². The molecule has 1 aromatic heterocycles. The zero-order valence-corrected chi connectivity index (χ0v) is 26.2. The third-order valence-electron chi connectivity index (χ3n) is 7.00. The van der Waals surface area contributed by atoms with Crippen LogP contribution in [0.15, 0.2) is 66.7 Å². The highest BCUT2D eigenvalue weighted by Gasteiger charge is 2.31. The topological polar surface area (TPSA) is 111 Å². The first-order valence-corrected chi connectivity index (χ1v) is 14.8. The molecule has 244 valence electrons. The molecule has 0 unspecified atom stereocenters. The van der Waals surface area contributed by atoms with Gasteiger partial charge in [-0.2, -0.15) is 0 Å². The number of fused-ring (bicyclic) bond motifs is 1. The Kier molecular flexibility index (Phi) is 11.3. The second kappa shape index (κ2) is 15.2. The number of hydrogen-bond donors (Lipinski definition) is 3. The zero-order chi connectivity index (χ0) is 33.4. The van der Waals surface area contributed by atoms with Crippen molar-refractivity contribution in [2.24, 2.45) is 5.92 Å². The molecule has 46 heavy (non-hydrogen) atoms. The highest BCUT2D eigenvalue weighted by Crippen LogP contribution is 2.27. The Balaban J connectivity index is 1.51. The number of methoxy groups -OCH3 is 1. The van der Waals surface area contributed by atoms with Crippen LogP contribution in [0.3, 0.4) is 0 Å². The van der Waals surface area contributed by atoms with Crippen molar-refractivity contribution in [1.29, 1.82) is 0 Å². The van der Waals surface area contributed by atoms with E-state index in [4.69, 9.17) is 16.3 Å². The van der Waals surface area contributed by atoms with Gasteiger partial charge < -0.3 is 30.0 Å². The summed E-state index contributed by atoms with van der Waals surface area (Å²) in [5.41, 5.74) is 3.15. The van der Waals surface area contributed by atoms with Crippen molar-refractivity contribution < 1.29 is 37.0 Å². The van der Waals surface area contributed by atoms with Gasteiger partial charge in [-0.3, -0.25) is 14.4 Å². The molecule has 0 fully saturated rings.